The van der Waals surface area contributed by atoms with Crippen LogP contribution in [0.1, 0.15) is 30.1 Å². The number of piperazine rings is 1. The number of benzene rings is 2. The van der Waals surface area contributed by atoms with Crippen LogP contribution in [0, 0.1) is 10.1 Å². The molecule has 2 saturated heterocycles. The zero-order valence-electron chi connectivity index (χ0n) is 18.4. The summed E-state index contributed by atoms with van der Waals surface area (Å²) in [4.78, 5) is 41.7. The largest absolute Gasteiger partial charge is 0.366 e. The Morgan fingerprint density at radius 2 is 1.70 bits per heavy atom. The number of carbonyl (C=O) groups excluding carboxylic acids is 2. The molecule has 2 aliphatic heterocycles. The summed E-state index contributed by atoms with van der Waals surface area (Å²) < 4.78 is 0. The highest BCUT2D eigenvalue weighted by atomic mass is 35.5. The Kier molecular flexibility index (Phi) is 6.69. The third-order valence-electron chi connectivity index (χ3n) is 6.16. The lowest BCUT2D eigenvalue weighted by Crippen LogP contribution is -2.48. The molecule has 0 saturated carbocycles. The highest BCUT2D eigenvalue weighted by Crippen LogP contribution is 2.36. The highest BCUT2D eigenvalue weighted by Gasteiger charge is 2.26. The van der Waals surface area contributed by atoms with E-state index in [4.69, 9.17) is 11.6 Å². The fourth-order valence-electron chi connectivity index (χ4n) is 4.41. The van der Waals surface area contributed by atoms with Crippen LogP contribution >= 0.6 is 11.6 Å². The Hall–Kier alpha value is -3.33. The van der Waals surface area contributed by atoms with Crippen LogP contribution < -0.4 is 15.1 Å². The molecule has 2 fully saturated rings. The van der Waals surface area contributed by atoms with E-state index < -0.39 is 10.8 Å². The summed E-state index contributed by atoms with van der Waals surface area (Å²) >= 11 is 6.48. The van der Waals surface area contributed by atoms with Crippen molar-refractivity contribution in [1.29, 1.82) is 0 Å². The fourth-order valence-corrected chi connectivity index (χ4v) is 4.71. The standard InChI is InChI=1S/C23H26ClN5O4/c1-16(30)26-11-13-28(14-12-26)22-18(24)5-4-6-19(22)25-23(31)17-7-8-20(21(15-17)29(32)33)27-9-2-3-10-27/h4-8,15H,2-3,9-14H2,1H3,(H,25,31). The van der Waals surface area contributed by atoms with Gasteiger partial charge in [-0.25, -0.2) is 0 Å². The van der Waals surface area contributed by atoms with Crippen molar-refractivity contribution >= 4 is 46.2 Å². The van der Waals surface area contributed by atoms with Crippen molar-refractivity contribution in [1.82, 2.24) is 4.90 Å². The molecule has 0 unspecified atom stereocenters. The minimum absolute atomic E-state index is 0.0290. The Morgan fingerprint density at radius 1 is 1.00 bits per heavy atom. The Balaban J connectivity index is 1.57. The zero-order chi connectivity index (χ0) is 23.5. The first-order chi connectivity index (χ1) is 15.8. The molecule has 2 heterocycles. The molecule has 2 aromatic rings. The van der Waals surface area contributed by atoms with Crippen molar-refractivity contribution in [3.05, 3.63) is 57.1 Å². The van der Waals surface area contributed by atoms with E-state index in [1.807, 2.05) is 9.80 Å². The Bertz CT molecular complexity index is 1080. The normalized spacial score (nSPS) is 16.1. The molecule has 2 amide bonds. The third kappa shape index (κ3) is 4.88. The van der Waals surface area contributed by atoms with Crippen LogP contribution in [0.5, 0.6) is 0 Å². The molecule has 9 nitrogen and oxygen atoms in total. The number of amides is 2. The van der Waals surface area contributed by atoms with E-state index in [-0.39, 0.29) is 17.2 Å². The second-order valence-corrected chi connectivity index (χ2v) is 8.65. The fraction of sp³-hybridized carbons (Fsp3) is 0.391. The minimum atomic E-state index is -0.447. The van der Waals surface area contributed by atoms with E-state index in [2.05, 4.69) is 5.32 Å². The van der Waals surface area contributed by atoms with Gasteiger partial charge in [-0.15, -0.1) is 0 Å². The summed E-state index contributed by atoms with van der Waals surface area (Å²) in [6.07, 6.45) is 2.00. The summed E-state index contributed by atoms with van der Waals surface area (Å²) in [5, 5.41) is 15.0. The van der Waals surface area contributed by atoms with Crippen LogP contribution in [0.3, 0.4) is 0 Å². The Morgan fingerprint density at radius 3 is 2.33 bits per heavy atom. The van der Waals surface area contributed by atoms with E-state index in [9.17, 15) is 19.7 Å². The summed E-state index contributed by atoms with van der Waals surface area (Å²) in [7, 11) is 0. The lowest BCUT2D eigenvalue weighted by Gasteiger charge is -2.37. The maximum atomic E-state index is 13.0. The van der Waals surface area contributed by atoms with Crippen LogP contribution in [-0.4, -0.2) is 60.9 Å². The van der Waals surface area contributed by atoms with Gasteiger partial charge < -0.3 is 20.0 Å². The number of carbonyl (C=O) groups is 2. The molecule has 4 rings (SSSR count). The molecular formula is C23H26ClN5O4. The quantitative estimate of drug-likeness (QED) is 0.526. The number of nitro groups is 1. The van der Waals surface area contributed by atoms with E-state index in [1.54, 1.807) is 42.2 Å². The average molecular weight is 472 g/mol. The Labute approximate surface area is 197 Å². The molecule has 174 valence electrons. The molecule has 0 bridgehead atoms. The van der Waals surface area contributed by atoms with Crippen molar-refractivity contribution < 1.29 is 14.5 Å². The van der Waals surface area contributed by atoms with Crippen LogP contribution in [0.4, 0.5) is 22.7 Å². The maximum absolute atomic E-state index is 13.0. The molecule has 0 aliphatic carbocycles. The number of hydrogen-bond donors (Lipinski definition) is 1. The molecule has 0 atom stereocenters. The van der Waals surface area contributed by atoms with Gasteiger partial charge in [-0.3, -0.25) is 19.7 Å². The molecule has 0 spiro atoms. The first-order valence-corrected chi connectivity index (χ1v) is 11.4. The minimum Gasteiger partial charge on any atom is -0.366 e. The van der Waals surface area contributed by atoms with Crippen molar-refractivity contribution in [2.24, 2.45) is 0 Å². The smallest absolute Gasteiger partial charge is 0.293 e. The van der Waals surface area contributed by atoms with E-state index in [0.29, 0.717) is 48.3 Å². The summed E-state index contributed by atoms with van der Waals surface area (Å²) in [5.74, 6) is -0.418. The van der Waals surface area contributed by atoms with E-state index >= 15 is 0 Å². The summed E-state index contributed by atoms with van der Waals surface area (Å²) in [6.45, 7) is 5.40. The highest BCUT2D eigenvalue weighted by molar-refractivity contribution is 6.34. The van der Waals surface area contributed by atoms with Gasteiger partial charge in [-0.05, 0) is 37.1 Å². The predicted molar refractivity (Wildman–Crippen MR) is 128 cm³/mol. The van der Waals surface area contributed by atoms with Gasteiger partial charge in [0.05, 0.1) is 21.3 Å². The zero-order valence-corrected chi connectivity index (χ0v) is 19.2. The van der Waals surface area contributed by atoms with Crippen LogP contribution in [0.15, 0.2) is 36.4 Å². The van der Waals surface area contributed by atoms with Crippen molar-refractivity contribution in [3.8, 4) is 0 Å². The number of anilines is 3. The van der Waals surface area contributed by atoms with Gasteiger partial charge in [0.15, 0.2) is 0 Å². The van der Waals surface area contributed by atoms with Gasteiger partial charge in [0.2, 0.25) is 5.91 Å². The third-order valence-corrected chi connectivity index (χ3v) is 6.46. The second kappa shape index (κ2) is 9.66. The van der Waals surface area contributed by atoms with Crippen LogP contribution in [-0.2, 0) is 4.79 Å². The van der Waals surface area contributed by atoms with Crippen LogP contribution in [0.25, 0.3) is 0 Å². The van der Waals surface area contributed by atoms with Gasteiger partial charge >= 0.3 is 0 Å². The summed E-state index contributed by atoms with van der Waals surface area (Å²) in [6, 6.07) is 9.85. The lowest BCUT2D eigenvalue weighted by molar-refractivity contribution is -0.384. The number of hydrogen-bond acceptors (Lipinski definition) is 6. The van der Waals surface area contributed by atoms with Gasteiger partial charge in [0.1, 0.15) is 5.69 Å². The first-order valence-electron chi connectivity index (χ1n) is 11.0. The molecule has 33 heavy (non-hydrogen) atoms. The number of nitro benzene ring substituents is 1. The van der Waals surface area contributed by atoms with E-state index in [1.165, 1.54) is 6.07 Å². The summed E-state index contributed by atoms with van der Waals surface area (Å²) in [5.41, 5.74) is 1.88. The molecule has 0 radical (unpaired) electrons. The van der Waals surface area contributed by atoms with Gasteiger partial charge in [-0.1, -0.05) is 17.7 Å². The van der Waals surface area contributed by atoms with Crippen molar-refractivity contribution in [3.63, 3.8) is 0 Å². The number of rotatable bonds is 5. The van der Waals surface area contributed by atoms with Crippen molar-refractivity contribution in [2.75, 3.05) is 54.4 Å². The second-order valence-electron chi connectivity index (χ2n) is 8.24. The van der Waals surface area contributed by atoms with Gasteiger partial charge in [0, 0.05) is 57.8 Å². The number of para-hydroxylation sites is 1. The monoisotopic (exact) mass is 471 g/mol. The van der Waals surface area contributed by atoms with Crippen molar-refractivity contribution in [2.45, 2.75) is 19.8 Å². The molecule has 0 aromatic heterocycles. The lowest BCUT2D eigenvalue weighted by atomic mass is 10.1. The topological polar surface area (TPSA) is 99.0 Å². The molecule has 10 heteroatoms. The molecule has 2 aliphatic rings. The average Bonchev–Trinajstić information content (AvgIpc) is 3.33. The molecular weight excluding hydrogens is 446 g/mol. The molecule has 1 N–H and O–H groups in total. The number of nitrogens with one attached hydrogen (secondary N) is 1. The SMILES string of the molecule is CC(=O)N1CCN(c2c(Cl)cccc2NC(=O)c2ccc(N3CCCC3)c([N+](=O)[O-])c2)CC1. The van der Waals surface area contributed by atoms with Gasteiger partial charge in [0.25, 0.3) is 11.6 Å². The van der Waals surface area contributed by atoms with Gasteiger partial charge in [-0.2, -0.15) is 0 Å². The first kappa shape index (κ1) is 22.8. The number of halogens is 1. The predicted octanol–water partition coefficient (Wildman–Crippen LogP) is 3.77. The van der Waals surface area contributed by atoms with Crippen LogP contribution in [0.2, 0.25) is 5.02 Å². The molecule has 2 aromatic carbocycles. The maximum Gasteiger partial charge on any atom is 0.293 e. The number of nitrogens with zero attached hydrogens (tertiary/aromatic N) is 4. The van der Waals surface area contributed by atoms with E-state index in [0.717, 1.165) is 25.9 Å².